The van der Waals surface area contributed by atoms with Gasteiger partial charge in [-0.15, -0.1) is 0 Å². The molecule has 0 bridgehead atoms. The second-order valence-electron chi connectivity index (χ2n) is 7.97. The van der Waals surface area contributed by atoms with Gasteiger partial charge in [-0.05, 0) is 31.7 Å². The lowest BCUT2D eigenvalue weighted by Gasteiger charge is -2.17. The summed E-state index contributed by atoms with van der Waals surface area (Å²) >= 11 is 0. The van der Waals surface area contributed by atoms with Gasteiger partial charge in [0.25, 0.3) is 5.56 Å². The van der Waals surface area contributed by atoms with Gasteiger partial charge in [-0.25, -0.2) is 9.78 Å². The van der Waals surface area contributed by atoms with Crippen LogP contribution in [0.1, 0.15) is 44.3 Å². The molecule has 0 aliphatic heterocycles. The normalized spacial score (nSPS) is 13.2. The molecule has 1 aromatic carbocycles. The number of rotatable bonds is 10. The Kier molecular flexibility index (Phi) is 9.03. The van der Waals surface area contributed by atoms with Gasteiger partial charge in [-0.3, -0.25) is 13.9 Å². The Balaban J connectivity index is 0.00000341. The van der Waals surface area contributed by atoms with Gasteiger partial charge in [-0.2, -0.15) is 0 Å². The van der Waals surface area contributed by atoms with E-state index in [2.05, 4.69) is 17.2 Å². The maximum atomic E-state index is 12.4. The SMILES string of the molecule is CC([NH2+]CCCCCCn1cnc2c1c(=O)n(C)c(=O)n2C)C(O)c1ccccc1.[Cl-]. The van der Waals surface area contributed by atoms with Crippen molar-refractivity contribution in [1.82, 2.24) is 18.7 Å². The Morgan fingerprint density at radius 2 is 1.71 bits per heavy atom. The first-order valence-electron chi connectivity index (χ1n) is 10.6. The molecule has 0 aliphatic carbocycles. The highest BCUT2D eigenvalue weighted by Gasteiger charge is 2.18. The van der Waals surface area contributed by atoms with E-state index in [-0.39, 0.29) is 29.7 Å². The monoisotopic (exact) mass is 449 g/mol. The van der Waals surface area contributed by atoms with Crippen LogP contribution in [-0.2, 0) is 20.6 Å². The number of aliphatic hydroxyl groups excluding tert-OH is 1. The fourth-order valence-electron chi connectivity index (χ4n) is 3.81. The first kappa shape index (κ1) is 24.8. The lowest BCUT2D eigenvalue weighted by atomic mass is 10.0. The first-order valence-corrected chi connectivity index (χ1v) is 10.6. The molecule has 0 amide bonds. The Morgan fingerprint density at radius 3 is 2.42 bits per heavy atom. The molecular weight excluding hydrogens is 418 g/mol. The molecule has 2 aromatic heterocycles. The first-order chi connectivity index (χ1) is 14.4. The highest BCUT2D eigenvalue weighted by Crippen LogP contribution is 2.14. The Hall–Kier alpha value is -2.42. The molecule has 3 aromatic rings. The number of hydrogen-bond donors (Lipinski definition) is 2. The molecule has 3 rings (SSSR count). The maximum absolute atomic E-state index is 12.4. The van der Waals surface area contributed by atoms with Crippen molar-refractivity contribution in [3.8, 4) is 0 Å². The summed E-state index contributed by atoms with van der Waals surface area (Å²) in [5.41, 5.74) is 1.21. The average molecular weight is 450 g/mol. The van der Waals surface area contributed by atoms with E-state index >= 15 is 0 Å². The van der Waals surface area contributed by atoms with Crippen LogP contribution in [0.25, 0.3) is 11.2 Å². The minimum atomic E-state index is -0.459. The number of benzene rings is 1. The Bertz CT molecular complexity index is 1090. The summed E-state index contributed by atoms with van der Waals surface area (Å²) < 4.78 is 4.39. The highest BCUT2D eigenvalue weighted by atomic mass is 35.5. The molecule has 0 fully saturated rings. The molecule has 9 heteroatoms. The minimum Gasteiger partial charge on any atom is -1.00 e. The van der Waals surface area contributed by atoms with Gasteiger partial charge in [0.2, 0.25) is 0 Å². The average Bonchev–Trinajstić information content (AvgIpc) is 3.19. The van der Waals surface area contributed by atoms with Crippen molar-refractivity contribution in [2.24, 2.45) is 14.1 Å². The van der Waals surface area contributed by atoms with Crippen LogP contribution in [0.2, 0.25) is 0 Å². The lowest BCUT2D eigenvalue weighted by molar-refractivity contribution is -0.694. The number of unbranched alkanes of at least 4 members (excludes halogenated alkanes) is 3. The zero-order chi connectivity index (χ0) is 21.7. The van der Waals surface area contributed by atoms with Crippen LogP contribution in [-0.4, -0.2) is 36.4 Å². The molecule has 2 heterocycles. The number of aromatic nitrogens is 4. The van der Waals surface area contributed by atoms with E-state index in [1.165, 1.54) is 11.6 Å². The number of quaternary nitrogens is 1. The van der Waals surface area contributed by atoms with Gasteiger partial charge < -0.3 is 27.4 Å². The van der Waals surface area contributed by atoms with Crippen molar-refractivity contribution in [3.05, 3.63) is 63.1 Å². The van der Waals surface area contributed by atoms with Gasteiger partial charge in [0.15, 0.2) is 11.2 Å². The van der Waals surface area contributed by atoms with Gasteiger partial charge in [-0.1, -0.05) is 36.8 Å². The highest BCUT2D eigenvalue weighted by molar-refractivity contribution is 5.69. The predicted molar refractivity (Wildman–Crippen MR) is 116 cm³/mol. The van der Waals surface area contributed by atoms with E-state index in [0.717, 1.165) is 42.4 Å². The van der Waals surface area contributed by atoms with Gasteiger partial charge in [0.05, 0.1) is 12.9 Å². The number of halogens is 1. The molecule has 0 saturated carbocycles. The molecular formula is C22H32ClN5O3. The number of aliphatic hydroxyl groups is 1. The fourth-order valence-corrected chi connectivity index (χ4v) is 3.81. The van der Waals surface area contributed by atoms with Crippen LogP contribution >= 0.6 is 0 Å². The third-order valence-electron chi connectivity index (χ3n) is 5.75. The van der Waals surface area contributed by atoms with Gasteiger partial charge >= 0.3 is 5.69 Å². The summed E-state index contributed by atoms with van der Waals surface area (Å²) in [6, 6.07) is 9.89. The number of nitrogens with zero attached hydrogens (tertiary/aromatic N) is 4. The van der Waals surface area contributed by atoms with Crippen molar-refractivity contribution in [1.29, 1.82) is 0 Å². The number of aryl methyl sites for hydroxylation is 2. The Morgan fingerprint density at radius 1 is 1.03 bits per heavy atom. The second kappa shape index (κ2) is 11.3. The number of imidazole rings is 1. The maximum Gasteiger partial charge on any atom is 0.332 e. The van der Waals surface area contributed by atoms with Crippen LogP contribution in [0.3, 0.4) is 0 Å². The largest absolute Gasteiger partial charge is 1.00 e. The van der Waals surface area contributed by atoms with Gasteiger partial charge in [0, 0.05) is 20.6 Å². The molecule has 2 unspecified atom stereocenters. The van der Waals surface area contributed by atoms with Crippen molar-refractivity contribution in [2.45, 2.75) is 51.3 Å². The van der Waals surface area contributed by atoms with Crippen molar-refractivity contribution >= 4 is 11.2 Å². The smallest absolute Gasteiger partial charge is 0.332 e. The van der Waals surface area contributed by atoms with Crippen LogP contribution < -0.4 is 29.0 Å². The molecule has 31 heavy (non-hydrogen) atoms. The molecule has 170 valence electrons. The van der Waals surface area contributed by atoms with Crippen LogP contribution in [0, 0.1) is 0 Å². The lowest BCUT2D eigenvalue weighted by Crippen LogP contribution is -3.00. The molecule has 2 atom stereocenters. The third-order valence-corrected chi connectivity index (χ3v) is 5.75. The van der Waals surface area contributed by atoms with E-state index in [1.807, 2.05) is 34.9 Å². The summed E-state index contributed by atoms with van der Waals surface area (Å²) in [6.45, 7) is 3.73. The van der Waals surface area contributed by atoms with E-state index in [4.69, 9.17) is 0 Å². The predicted octanol–water partition coefficient (Wildman–Crippen LogP) is -2.32. The van der Waals surface area contributed by atoms with E-state index < -0.39 is 6.10 Å². The summed E-state index contributed by atoms with van der Waals surface area (Å²) in [5.74, 6) is 0. The topological polar surface area (TPSA) is 98.7 Å². The molecule has 0 aliphatic rings. The molecule has 8 nitrogen and oxygen atoms in total. The standard InChI is InChI=1S/C22H31N5O3.ClH/c1-16(19(28)17-11-7-6-8-12-17)23-13-9-4-5-10-14-27-15-24-20-18(27)21(29)26(3)22(30)25(20)2;/h6-8,11-12,15-16,19,23,28H,4-5,9-10,13-14H2,1-3H3;1H. The van der Waals surface area contributed by atoms with Crippen molar-refractivity contribution < 1.29 is 22.8 Å². The van der Waals surface area contributed by atoms with E-state index in [0.29, 0.717) is 17.7 Å². The van der Waals surface area contributed by atoms with Crippen molar-refractivity contribution in [3.63, 3.8) is 0 Å². The summed E-state index contributed by atoms with van der Waals surface area (Å²) in [7, 11) is 3.13. The van der Waals surface area contributed by atoms with E-state index in [1.54, 1.807) is 13.4 Å². The number of nitrogens with two attached hydrogens (primary N) is 1. The van der Waals surface area contributed by atoms with Crippen LogP contribution in [0.15, 0.2) is 46.2 Å². The zero-order valence-electron chi connectivity index (χ0n) is 18.4. The molecule has 0 radical (unpaired) electrons. The fraction of sp³-hybridized carbons (Fsp3) is 0.500. The minimum absolute atomic E-state index is 0. The third kappa shape index (κ3) is 5.64. The summed E-state index contributed by atoms with van der Waals surface area (Å²) in [4.78, 5) is 28.7. The van der Waals surface area contributed by atoms with E-state index in [9.17, 15) is 14.7 Å². The van der Waals surface area contributed by atoms with Crippen LogP contribution in [0.5, 0.6) is 0 Å². The van der Waals surface area contributed by atoms with Crippen LogP contribution in [0.4, 0.5) is 0 Å². The number of fused-ring (bicyclic) bond motifs is 1. The molecule has 0 saturated heterocycles. The Labute approximate surface area is 188 Å². The summed E-state index contributed by atoms with van der Waals surface area (Å²) in [6.07, 6.45) is 5.35. The summed E-state index contributed by atoms with van der Waals surface area (Å²) in [5, 5.41) is 12.6. The second-order valence-corrected chi connectivity index (χ2v) is 7.97. The van der Waals surface area contributed by atoms with Gasteiger partial charge in [0.1, 0.15) is 12.1 Å². The van der Waals surface area contributed by atoms with Crippen molar-refractivity contribution in [2.75, 3.05) is 6.54 Å². The zero-order valence-corrected chi connectivity index (χ0v) is 19.1. The quantitative estimate of drug-likeness (QED) is 0.340. The molecule has 0 spiro atoms. The number of hydrogen-bond acceptors (Lipinski definition) is 4. The molecule has 3 N–H and O–H groups in total.